The maximum absolute atomic E-state index is 13.2. The van der Waals surface area contributed by atoms with E-state index in [1.165, 1.54) is 24.3 Å². The Labute approximate surface area is 213 Å². The van der Waals surface area contributed by atoms with Crippen LogP contribution in [0.25, 0.3) is 10.8 Å². The second-order valence-electron chi connectivity index (χ2n) is 7.44. The third-order valence-electron chi connectivity index (χ3n) is 5.13. The van der Waals surface area contributed by atoms with E-state index in [1.807, 2.05) is 0 Å². The van der Waals surface area contributed by atoms with Crippen molar-refractivity contribution in [2.45, 2.75) is 26.2 Å². The van der Waals surface area contributed by atoms with Gasteiger partial charge >= 0.3 is 5.97 Å². The van der Waals surface area contributed by atoms with Crippen LogP contribution in [0.2, 0.25) is 0 Å². The van der Waals surface area contributed by atoms with E-state index in [9.17, 15) is 9.59 Å². The summed E-state index contributed by atoms with van der Waals surface area (Å²) >= 11 is 0. The zero-order chi connectivity index (χ0) is 32.7. The first-order valence-corrected chi connectivity index (χ1v) is 10.4. The van der Waals surface area contributed by atoms with Crippen molar-refractivity contribution in [1.29, 1.82) is 0 Å². The van der Waals surface area contributed by atoms with E-state index in [-0.39, 0.29) is 16.7 Å². The molecule has 0 radical (unpaired) electrons. The van der Waals surface area contributed by atoms with Gasteiger partial charge in [-0.3, -0.25) is 4.79 Å². The third kappa shape index (κ3) is 5.33. The highest BCUT2D eigenvalue weighted by molar-refractivity contribution is 5.98. The predicted molar refractivity (Wildman–Crippen MR) is 136 cm³/mol. The molecule has 5 heteroatoms. The second-order valence-corrected chi connectivity index (χ2v) is 7.44. The lowest BCUT2D eigenvalue weighted by molar-refractivity contribution is -0.117. The van der Waals surface area contributed by atoms with Crippen molar-refractivity contribution in [3.63, 3.8) is 0 Å². The third-order valence-corrected chi connectivity index (χ3v) is 5.13. The van der Waals surface area contributed by atoms with Crippen LogP contribution in [0.4, 0.5) is 5.69 Å². The van der Waals surface area contributed by atoms with Crippen LogP contribution < -0.4 is 11.1 Å². The van der Waals surface area contributed by atoms with Crippen molar-refractivity contribution < 1.29 is 28.0 Å². The van der Waals surface area contributed by atoms with Crippen molar-refractivity contribution in [3.05, 3.63) is 113 Å². The van der Waals surface area contributed by atoms with Crippen molar-refractivity contribution >= 4 is 28.3 Å². The molecule has 0 unspecified atom stereocenters. The molecule has 0 fully saturated rings. The average Bonchev–Trinajstić information content (AvgIpc) is 2.95. The van der Waals surface area contributed by atoms with Gasteiger partial charge in [-0.25, -0.2) is 4.79 Å². The van der Waals surface area contributed by atoms with Crippen LogP contribution in [0, 0.1) is 13.7 Å². The average molecular weight is 463 g/mol. The summed E-state index contributed by atoms with van der Waals surface area (Å²) in [6.07, 6.45) is 0. The van der Waals surface area contributed by atoms with Crippen LogP contribution in [-0.2, 0) is 16.1 Å². The number of esters is 1. The Kier molecular flexibility index (Phi) is 4.15. The van der Waals surface area contributed by atoms with Crippen molar-refractivity contribution in [1.82, 2.24) is 0 Å². The molecule has 0 aliphatic rings. The van der Waals surface area contributed by atoms with E-state index >= 15 is 0 Å². The number of hydrogen-bond donors (Lipinski definition) is 2. The molecule has 4 rings (SSSR count). The van der Waals surface area contributed by atoms with Crippen LogP contribution in [0.1, 0.15) is 52.2 Å². The Morgan fingerprint density at radius 2 is 1.91 bits per heavy atom. The number of fused-ring (bicyclic) bond motifs is 1. The zero-order valence-electron chi connectivity index (χ0n) is 28.0. The summed E-state index contributed by atoms with van der Waals surface area (Å²) in [5.74, 6) is -4.06. The summed E-state index contributed by atoms with van der Waals surface area (Å²) < 4.78 is 84.3. The fraction of sp³-hybridized carbons (Fsp3) is 0.172. The Balaban J connectivity index is 1.56. The standard InChI is InChI=1S/C29H28N2O3/c1-19-7-14-26(20(2)15-19)29(33)34-18-21-8-10-23(11-9-21)27(17-30)28(32)31-25-13-12-22-5-3-4-6-24(22)16-25/h3-16,27H,17-18,30H2,1-2H3,(H,31,32)/t27-/m0/s1/i1D3,2D3,5D,18D2,27D. The Morgan fingerprint density at radius 3 is 2.68 bits per heavy atom. The molecule has 172 valence electrons. The van der Waals surface area contributed by atoms with Gasteiger partial charge in [0.2, 0.25) is 5.91 Å². The van der Waals surface area contributed by atoms with E-state index in [4.69, 9.17) is 24.2 Å². The molecule has 0 saturated carbocycles. The first kappa shape index (κ1) is 13.7. The predicted octanol–water partition coefficient (Wildman–Crippen LogP) is 5.49. The minimum Gasteiger partial charge on any atom is -0.457 e. The summed E-state index contributed by atoms with van der Waals surface area (Å²) in [6, 6.07) is 18.3. The molecule has 0 bridgehead atoms. The number of amides is 1. The number of carbonyl (C=O) groups excluding carboxylic acids is 2. The molecular formula is C29H28N2O3. The highest BCUT2D eigenvalue weighted by atomic mass is 16.5. The zero-order valence-corrected chi connectivity index (χ0v) is 18.0. The fourth-order valence-corrected chi connectivity index (χ4v) is 3.37. The normalized spacial score (nSPS) is 18.1. The molecule has 0 aromatic heterocycles. The van der Waals surface area contributed by atoms with Crippen LogP contribution in [0.3, 0.4) is 0 Å². The van der Waals surface area contributed by atoms with Crippen LogP contribution in [-0.4, -0.2) is 18.4 Å². The second kappa shape index (κ2) is 10.3. The van der Waals surface area contributed by atoms with Crippen LogP contribution in [0.5, 0.6) is 0 Å². The summed E-state index contributed by atoms with van der Waals surface area (Å²) in [6.45, 7) is -8.72. The number of benzene rings is 4. The minimum absolute atomic E-state index is 0.127. The van der Waals surface area contributed by atoms with Gasteiger partial charge in [-0.2, -0.15) is 0 Å². The van der Waals surface area contributed by atoms with Crippen molar-refractivity contribution in [2.75, 3.05) is 11.9 Å². The first-order chi connectivity index (χ1) is 20.4. The summed E-state index contributed by atoms with van der Waals surface area (Å²) in [5.41, 5.74) is 4.77. The molecule has 1 atom stereocenters. The molecule has 3 N–H and O–H groups in total. The molecule has 0 aliphatic carbocycles. The maximum Gasteiger partial charge on any atom is 0.338 e. The number of nitrogens with two attached hydrogens (primary N) is 1. The summed E-state index contributed by atoms with van der Waals surface area (Å²) in [7, 11) is 0. The van der Waals surface area contributed by atoms with E-state index in [0.29, 0.717) is 17.1 Å². The molecule has 1 amide bonds. The SMILES string of the molecule is [2H]c1cccc2cc(NC(=O)[C@@]([2H])(CN)c3ccc(C([2H])([2H])OC(=O)c4ccc(C([2H])([2H])[2H])cc4C([2H])([2H])[2H])cc3)ccc12. The number of carbonyl (C=O) groups is 2. The van der Waals surface area contributed by atoms with E-state index in [2.05, 4.69) is 5.32 Å². The lowest BCUT2D eigenvalue weighted by Gasteiger charge is -2.16. The Bertz CT molecular complexity index is 1720. The smallest absolute Gasteiger partial charge is 0.338 e. The highest BCUT2D eigenvalue weighted by Crippen LogP contribution is 2.22. The van der Waals surface area contributed by atoms with E-state index in [0.717, 1.165) is 23.6 Å². The Morgan fingerprint density at radius 1 is 1.06 bits per heavy atom. The van der Waals surface area contributed by atoms with E-state index < -0.39 is 55.7 Å². The van der Waals surface area contributed by atoms with Crippen LogP contribution >= 0.6 is 0 Å². The topological polar surface area (TPSA) is 81.4 Å². The number of rotatable bonds is 7. The van der Waals surface area contributed by atoms with Gasteiger partial charge in [-0.05, 0) is 59.4 Å². The minimum atomic E-state index is -2.89. The molecule has 0 spiro atoms. The number of aryl methyl sites for hydroxylation is 2. The van der Waals surface area contributed by atoms with Crippen molar-refractivity contribution in [3.8, 4) is 0 Å². The number of ether oxygens (including phenoxy) is 1. The molecule has 0 heterocycles. The lowest BCUT2D eigenvalue weighted by Crippen LogP contribution is -2.27. The monoisotopic (exact) mass is 462 g/mol. The molecule has 34 heavy (non-hydrogen) atoms. The van der Waals surface area contributed by atoms with Gasteiger partial charge in [0.15, 0.2) is 0 Å². The van der Waals surface area contributed by atoms with Gasteiger partial charge in [-0.15, -0.1) is 0 Å². The first-order valence-electron chi connectivity index (χ1n) is 15.4. The molecule has 4 aromatic carbocycles. The largest absolute Gasteiger partial charge is 0.457 e. The highest BCUT2D eigenvalue weighted by Gasteiger charge is 2.19. The molecule has 5 nitrogen and oxygen atoms in total. The number of anilines is 1. The fourth-order valence-electron chi connectivity index (χ4n) is 3.37. The van der Waals surface area contributed by atoms with Crippen LogP contribution in [0.15, 0.2) is 84.9 Å². The van der Waals surface area contributed by atoms with Gasteiger partial charge in [0.25, 0.3) is 0 Å². The maximum atomic E-state index is 13.2. The summed E-state index contributed by atoms with van der Waals surface area (Å²) in [4.78, 5) is 26.1. The van der Waals surface area contributed by atoms with Gasteiger partial charge in [0.05, 0.1) is 15.6 Å². The molecular weight excluding hydrogens is 424 g/mol. The number of nitrogens with one attached hydrogen (secondary N) is 1. The van der Waals surface area contributed by atoms with Gasteiger partial charge < -0.3 is 15.8 Å². The molecule has 0 saturated heterocycles. The lowest BCUT2D eigenvalue weighted by atomic mass is 9.97. The van der Waals surface area contributed by atoms with E-state index in [1.54, 1.807) is 36.4 Å². The van der Waals surface area contributed by atoms with Gasteiger partial charge in [0, 0.05) is 21.8 Å². The Hall–Kier alpha value is -3.96. The number of hydrogen-bond acceptors (Lipinski definition) is 4. The summed E-state index contributed by atoms with van der Waals surface area (Å²) in [5, 5.41) is 4.08. The molecule has 4 aromatic rings. The molecule has 0 aliphatic heterocycles. The quantitative estimate of drug-likeness (QED) is 0.356. The van der Waals surface area contributed by atoms with Gasteiger partial charge in [0.1, 0.15) is 6.56 Å². The van der Waals surface area contributed by atoms with Crippen molar-refractivity contribution in [2.24, 2.45) is 5.73 Å². The van der Waals surface area contributed by atoms with Gasteiger partial charge in [-0.1, -0.05) is 72.3 Å².